The Bertz CT molecular complexity index is 382. The average molecular weight is 285 g/mol. The fourth-order valence-electron chi connectivity index (χ4n) is 1.85. The minimum atomic E-state index is -0.442. The number of amides is 1. The predicted molar refractivity (Wildman–Crippen MR) is 77.1 cm³/mol. The lowest BCUT2D eigenvalue weighted by atomic mass is 10.0. The van der Waals surface area contributed by atoms with E-state index in [9.17, 15) is 4.79 Å². The summed E-state index contributed by atoms with van der Waals surface area (Å²) in [6.07, 6.45) is 2.12. The number of nitrogens with one attached hydrogen (secondary N) is 1. The van der Waals surface area contributed by atoms with E-state index in [1.54, 1.807) is 0 Å². The molecule has 0 spiro atoms. The lowest BCUT2D eigenvalue weighted by Crippen LogP contribution is -2.27. The first-order valence-corrected chi connectivity index (χ1v) is 6.86. The number of carbonyl (C=O) groups excluding carboxylic acids is 1. The maximum Gasteiger partial charge on any atom is 0.243 e. The van der Waals surface area contributed by atoms with Crippen molar-refractivity contribution >= 4 is 17.5 Å². The first-order chi connectivity index (χ1) is 9.13. The summed E-state index contributed by atoms with van der Waals surface area (Å²) in [7, 11) is 0. The van der Waals surface area contributed by atoms with Gasteiger partial charge in [-0.3, -0.25) is 4.79 Å². The van der Waals surface area contributed by atoms with Crippen molar-refractivity contribution in [1.82, 2.24) is 5.32 Å². The number of benzene rings is 1. The largest absolute Gasteiger partial charge is 0.370 e. The van der Waals surface area contributed by atoms with Gasteiger partial charge in [0.25, 0.3) is 0 Å². The Kier molecular flexibility index (Phi) is 7.48. The molecule has 0 saturated heterocycles. The predicted octanol–water partition coefficient (Wildman–Crippen LogP) is 2.27. The molecule has 0 radical (unpaired) electrons. The molecule has 1 amide bonds. The zero-order chi connectivity index (χ0) is 14.1. The highest BCUT2D eigenvalue weighted by atomic mass is 35.5. The van der Waals surface area contributed by atoms with E-state index in [-0.39, 0.29) is 12.6 Å². The van der Waals surface area contributed by atoms with Gasteiger partial charge in [-0.15, -0.1) is 0 Å². The zero-order valence-corrected chi connectivity index (χ0v) is 12.0. The third-order valence-corrected chi connectivity index (χ3v) is 2.98. The maximum absolute atomic E-state index is 10.5. The van der Waals surface area contributed by atoms with Crippen molar-refractivity contribution in [2.45, 2.75) is 25.8 Å². The van der Waals surface area contributed by atoms with Crippen LogP contribution in [0.15, 0.2) is 24.3 Å². The van der Waals surface area contributed by atoms with Gasteiger partial charge in [-0.1, -0.05) is 37.1 Å². The van der Waals surface area contributed by atoms with Crippen molar-refractivity contribution < 1.29 is 9.53 Å². The molecule has 19 heavy (non-hydrogen) atoms. The fourth-order valence-corrected chi connectivity index (χ4v) is 1.97. The number of ether oxygens (including phenoxy) is 1. The minimum Gasteiger partial charge on any atom is -0.370 e. The van der Waals surface area contributed by atoms with E-state index >= 15 is 0 Å². The van der Waals surface area contributed by atoms with Crippen molar-refractivity contribution in [3.63, 3.8) is 0 Å². The Morgan fingerprint density at radius 2 is 2.11 bits per heavy atom. The van der Waals surface area contributed by atoms with Crippen LogP contribution in [0.5, 0.6) is 0 Å². The van der Waals surface area contributed by atoms with Crippen molar-refractivity contribution in [2.24, 2.45) is 5.73 Å². The van der Waals surface area contributed by atoms with Crippen LogP contribution in [-0.2, 0) is 9.53 Å². The van der Waals surface area contributed by atoms with Crippen LogP contribution in [0.4, 0.5) is 0 Å². The summed E-state index contributed by atoms with van der Waals surface area (Å²) in [6.45, 7) is 3.27. The zero-order valence-electron chi connectivity index (χ0n) is 11.2. The molecule has 0 heterocycles. The van der Waals surface area contributed by atoms with Crippen LogP contribution in [0, 0.1) is 0 Å². The summed E-state index contributed by atoms with van der Waals surface area (Å²) < 4.78 is 5.12. The van der Waals surface area contributed by atoms with Crippen LogP contribution in [0.3, 0.4) is 0 Å². The SMILES string of the molecule is CCCC(NCCOCC(N)=O)c1ccc(Cl)cc1. The molecule has 0 aliphatic rings. The standard InChI is InChI=1S/C14H21ClN2O2/c1-2-3-13(11-4-6-12(15)7-5-11)17-8-9-19-10-14(16)18/h4-7,13,17H,2-3,8-10H2,1H3,(H2,16,18). The van der Waals surface area contributed by atoms with Crippen LogP contribution < -0.4 is 11.1 Å². The Balaban J connectivity index is 2.40. The third-order valence-electron chi connectivity index (χ3n) is 2.73. The van der Waals surface area contributed by atoms with Gasteiger partial charge in [-0.25, -0.2) is 0 Å². The molecule has 1 atom stereocenters. The summed E-state index contributed by atoms with van der Waals surface area (Å²) in [5, 5.41) is 4.15. The molecule has 1 rings (SSSR count). The highest BCUT2D eigenvalue weighted by Crippen LogP contribution is 2.20. The number of rotatable bonds is 9. The van der Waals surface area contributed by atoms with Gasteiger partial charge in [0.2, 0.25) is 5.91 Å². The monoisotopic (exact) mass is 284 g/mol. The second-order valence-corrected chi connectivity index (χ2v) is 4.80. The number of nitrogens with two attached hydrogens (primary N) is 1. The van der Waals surface area contributed by atoms with Crippen molar-refractivity contribution in [3.8, 4) is 0 Å². The maximum atomic E-state index is 10.5. The lowest BCUT2D eigenvalue weighted by molar-refractivity contribution is -0.122. The van der Waals surface area contributed by atoms with Crippen LogP contribution in [0.2, 0.25) is 5.02 Å². The summed E-state index contributed by atoms with van der Waals surface area (Å²) in [4.78, 5) is 10.5. The van der Waals surface area contributed by atoms with E-state index in [0.29, 0.717) is 13.2 Å². The van der Waals surface area contributed by atoms with Crippen LogP contribution in [0.25, 0.3) is 0 Å². The number of carbonyl (C=O) groups is 1. The van der Waals surface area contributed by atoms with E-state index < -0.39 is 5.91 Å². The number of hydrogen-bond donors (Lipinski definition) is 2. The Morgan fingerprint density at radius 1 is 1.42 bits per heavy atom. The van der Waals surface area contributed by atoms with E-state index in [4.69, 9.17) is 22.1 Å². The molecule has 5 heteroatoms. The highest BCUT2D eigenvalue weighted by molar-refractivity contribution is 6.30. The second kappa shape index (κ2) is 8.91. The van der Waals surface area contributed by atoms with E-state index in [1.165, 1.54) is 5.56 Å². The Morgan fingerprint density at radius 3 is 2.68 bits per heavy atom. The number of halogens is 1. The molecule has 1 aromatic carbocycles. The molecule has 3 N–H and O–H groups in total. The normalized spacial score (nSPS) is 12.3. The quantitative estimate of drug-likeness (QED) is 0.684. The van der Waals surface area contributed by atoms with Gasteiger partial charge < -0.3 is 15.8 Å². The van der Waals surface area contributed by atoms with Gasteiger partial charge in [0, 0.05) is 17.6 Å². The Labute approximate surface area is 119 Å². The molecule has 1 unspecified atom stereocenters. The molecule has 4 nitrogen and oxygen atoms in total. The van der Waals surface area contributed by atoms with Gasteiger partial charge in [0.15, 0.2) is 0 Å². The van der Waals surface area contributed by atoms with E-state index in [1.807, 2.05) is 24.3 Å². The van der Waals surface area contributed by atoms with Gasteiger partial charge >= 0.3 is 0 Å². The van der Waals surface area contributed by atoms with E-state index in [0.717, 1.165) is 17.9 Å². The molecule has 0 fully saturated rings. The van der Waals surface area contributed by atoms with Gasteiger partial charge in [-0.2, -0.15) is 0 Å². The summed E-state index contributed by atoms with van der Waals surface area (Å²) >= 11 is 5.88. The summed E-state index contributed by atoms with van der Waals surface area (Å²) in [6, 6.07) is 8.12. The van der Waals surface area contributed by atoms with Crippen LogP contribution in [0.1, 0.15) is 31.4 Å². The fraction of sp³-hybridized carbons (Fsp3) is 0.500. The number of hydrogen-bond acceptors (Lipinski definition) is 3. The van der Waals surface area contributed by atoms with Crippen LogP contribution >= 0.6 is 11.6 Å². The highest BCUT2D eigenvalue weighted by Gasteiger charge is 2.09. The molecular weight excluding hydrogens is 264 g/mol. The molecule has 0 saturated carbocycles. The van der Waals surface area contributed by atoms with Gasteiger partial charge in [0.1, 0.15) is 6.61 Å². The average Bonchev–Trinajstić information content (AvgIpc) is 2.38. The molecular formula is C14H21ClN2O2. The summed E-state index contributed by atoms with van der Waals surface area (Å²) in [5.41, 5.74) is 6.20. The second-order valence-electron chi connectivity index (χ2n) is 4.37. The molecule has 1 aromatic rings. The molecule has 0 aliphatic carbocycles. The van der Waals surface area contributed by atoms with Gasteiger partial charge in [0.05, 0.1) is 6.61 Å². The smallest absolute Gasteiger partial charge is 0.243 e. The van der Waals surface area contributed by atoms with E-state index in [2.05, 4.69) is 12.2 Å². The number of primary amides is 1. The van der Waals surface area contributed by atoms with Gasteiger partial charge in [-0.05, 0) is 24.1 Å². The lowest BCUT2D eigenvalue weighted by Gasteiger charge is -2.18. The third kappa shape index (κ3) is 6.57. The topological polar surface area (TPSA) is 64.3 Å². The van der Waals surface area contributed by atoms with Crippen molar-refractivity contribution in [1.29, 1.82) is 0 Å². The first kappa shape index (κ1) is 16.0. The minimum absolute atomic E-state index is 0.0267. The molecule has 0 aliphatic heterocycles. The van der Waals surface area contributed by atoms with Crippen molar-refractivity contribution in [2.75, 3.05) is 19.8 Å². The van der Waals surface area contributed by atoms with Crippen molar-refractivity contribution in [3.05, 3.63) is 34.9 Å². The molecule has 0 aromatic heterocycles. The van der Waals surface area contributed by atoms with Crippen LogP contribution in [-0.4, -0.2) is 25.7 Å². The first-order valence-electron chi connectivity index (χ1n) is 6.48. The molecule has 106 valence electrons. The Hall–Kier alpha value is -1.10. The summed E-state index contributed by atoms with van der Waals surface area (Å²) in [5.74, 6) is -0.442. The molecule has 0 bridgehead atoms.